The maximum atomic E-state index is 9.50. The Morgan fingerprint density at radius 2 is 0.872 bits per heavy atom. The van der Waals surface area contributed by atoms with Crippen LogP contribution in [0.3, 0.4) is 0 Å². The first-order valence-electron chi connectivity index (χ1n) is 22.4. The molecule has 8 aromatic rings. The van der Waals surface area contributed by atoms with E-state index >= 15 is 0 Å². The van der Waals surface area contributed by atoms with E-state index in [0.717, 1.165) is 22.3 Å². The van der Waals surface area contributed by atoms with Gasteiger partial charge in [-0.1, -0.05) is 157 Å². The van der Waals surface area contributed by atoms with E-state index in [1.807, 2.05) is 84.9 Å². The molecule has 0 radical (unpaired) electrons. The van der Waals surface area contributed by atoms with Crippen LogP contribution in [0.25, 0.3) is 55.3 Å². The molecule has 0 saturated carbocycles. The molecule has 0 bridgehead atoms. The first-order chi connectivity index (χ1) is 29.6. The first kappa shape index (κ1) is 16.4. The minimum Gasteiger partial charge on any atom is -0.311 e. The van der Waals surface area contributed by atoms with Crippen molar-refractivity contribution < 1.29 is 20.6 Å². The number of fused-ring (bicyclic) bond motifs is 1. The molecule has 0 aliphatic heterocycles. The lowest BCUT2D eigenvalue weighted by atomic mass is 9.95. The van der Waals surface area contributed by atoms with Gasteiger partial charge in [0.25, 0.3) is 0 Å². The molecule has 222 valence electrons. The molecular formula is C46H33N. The zero-order valence-corrected chi connectivity index (χ0v) is 24.8. The van der Waals surface area contributed by atoms with Gasteiger partial charge in [0.05, 0.1) is 20.6 Å². The highest BCUT2D eigenvalue weighted by Gasteiger charge is 2.14. The number of anilines is 3. The quantitative estimate of drug-likeness (QED) is 0.173. The summed E-state index contributed by atoms with van der Waals surface area (Å²) >= 11 is 0. The second-order valence-corrected chi connectivity index (χ2v) is 10.6. The third kappa shape index (κ3) is 5.83. The second-order valence-electron chi connectivity index (χ2n) is 10.6. The summed E-state index contributed by atoms with van der Waals surface area (Å²) in [6.07, 6.45) is 0. The molecule has 0 amide bonds. The normalized spacial score (nSPS) is 15.4. The Labute approximate surface area is 297 Å². The van der Waals surface area contributed by atoms with Crippen LogP contribution in [0.4, 0.5) is 17.1 Å². The third-order valence-electron chi connectivity index (χ3n) is 7.74. The fourth-order valence-electron chi connectivity index (χ4n) is 5.41. The smallest absolute Gasteiger partial charge is 0.0645 e. The van der Waals surface area contributed by atoms with E-state index in [0.29, 0.717) is 11.4 Å². The molecule has 0 fully saturated rings. The Morgan fingerprint density at radius 1 is 0.340 bits per heavy atom. The van der Waals surface area contributed by atoms with Crippen LogP contribution in [-0.4, -0.2) is 0 Å². The number of nitrogens with zero attached hydrogens (tertiary/aromatic N) is 1. The molecule has 1 heteroatoms. The molecule has 0 aliphatic carbocycles. The van der Waals surface area contributed by atoms with Crippen LogP contribution >= 0.6 is 0 Å². The number of benzene rings is 8. The van der Waals surface area contributed by atoms with Gasteiger partial charge >= 0.3 is 0 Å². The fraction of sp³-hybridized carbons (Fsp3) is 0. The summed E-state index contributed by atoms with van der Waals surface area (Å²) in [5.41, 5.74) is 2.32. The molecule has 0 N–H and O–H groups in total. The van der Waals surface area contributed by atoms with Gasteiger partial charge in [-0.05, 0) is 97.7 Å². The first-order valence-corrected chi connectivity index (χ1v) is 14.9. The van der Waals surface area contributed by atoms with Gasteiger partial charge in [0.2, 0.25) is 0 Å². The van der Waals surface area contributed by atoms with Gasteiger partial charge in [0.15, 0.2) is 0 Å². The summed E-state index contributed by atoms with van der Waals surface area (Å²) in [6.45, 7) is 0. The van der Waals surface area contributed by atoms with Crippen LogP contribution in [-0.2, 0) is 0 Å². The minimum absolute atomic E-state index is 0.158. The molecule has 0 saturated heterocycles. The van der Waals surface area contributed by atoms with Crippen molar-refractivity contribution in [2.75, 3.05) is 4.90 Å². The van der Waals surface area contributed by atoms with Gasteiger partial charge in [-0.25, -0.2) is 0 Å². The van der Waals surface area contributed by atoms with Gasteiger partial charge < -0.3 is 4.90 Å². The lowest BCUT2D eigenvalue weighted by Gasteiger charge is -2.26. The van der Waals surface area contributed by atoms with Crippen molar-refractivity contribution in [2.45, 2.75) is 0 Å². The maximum absolute atomic E-state index is 9.50. The minimum atomic E-state index is -0.778. The summed E-state index contributed by atoms with van der Waals surface area (Å²) in [6, 6.07) is 23.2. The number of hydrogen-bond donors (Lipinski definition) is 0. The Hall–Kier alpha value is -6.18. The van der Waals surface area contributed by atoms with Crippen LogP contribution in [0.15, 0.2) is 200 Å². The molecule has 0 aliphatic rings. The highest BCUT2D eigenvalue weighted by atomic mass is 15.1. The number of hydrogen-bond acceptors (Lipinski definition) is 1. The van der Waals surface area contributed by atoms with Crippen molar-refractivity contribution in [3.05, 3.63) is 200 Å². The largest absolute Gasteiger partial charge is 0.311 e. The topological polar surface area (TPSA) is 3.24 Å². The van der Waals surface area contributed by atoms with Gasteiger partial charge in [-0.15, -0.1) is 0 Å². The van der Waals surface area contributed by atoms with Crippen LogP contribution in [0.5, 0.6) is 0 Å². The van der Waals surface area contributed by atoms with Crippen LogP contribution in [0, 0.1) is 0 Å². The van der Waals surface area contributed by atoms with Gasteiger partial charge in [0.1, 0.15) is 0 Å². The summed E-state index contributed by atoms with van der Waals surface area (Å²) in [4.78, 5) is 1.58. The van der Waals surface area contributed by atoms with Crippen LogP contribution in [0.2, 0.25) is 0 Å². The van der Waals surface area contributed by atoms with E-state index in [4.69, 9.17) is 13.7 Å². The molecular weight excluding hydrogens is 567 g/mol. The SMILES string of the molecule is [2H]c1c([2H])c([2H])c(-c2c([2H])c([2H])c([2H])c3c([2H])c([2H])c(-c4c([2H])c([2H])c(N(c5ccc(-c6ccccc6)cc5)c5ccc(-c6ccccc6)cc5)c([2H])c4[2H])c([2H])c23)c([2H])c1[2H]. The molecule has 8 rings (SSSR count). The van der Waals surface area contributed by atoms with Gasteiger partial charge in [-0.2, -0.15) is 0 Å². The average molecular weight is 615 g/mol. The van der Waals surface area contributed by atoms with Crippen molar-refractivity contribution in [3.63, 3.8) is 0 Å². The van der Waals surface area contributed by atoms with E-state index in [1.165, 1.54) is 0 Å². The molecule has 0 aromatic heterocycles. The Bertz CT molecular complexity index is 2960. The van der Waals surface area contributed by atoms with Crippen LogP contribution in [0.1, 0.15) is 20.6 Å². The molecule has 47 heavy (non-hydrogen) atoms. The second kappa shape index (κ2) is 12.7. The summed E-state index contributed by atoms with van der Waals surface area (Å²) in [7, 11) is 0. The summed E-state index contributed by atoms with van der Waals surface area (Å²) in [5.74, 6) is 0. The van der Waals surface area contributed by atoms with Crippen molar-refractivity contribution in [3.8, 4) is 44.5 Å². The Balaban J connectivity index is 1.39. The number of rotatable bonds is 7. The Kier molecular flexibility index (Phi) is 4.42. The van der Waals surface area contributed by atoms with Crippen molar-refractivity contribution in [1.82, 2.24) is 0 Å². The van der Waals surface area contributed by atoms with Gasteiger partial charge in [0, 0.05) is 17.1 Å². The standard InChI is InChI=1S/C46H33N/c1-4-11-34(12-5-1)36-21-27-42(28-22-36)47(43-29-23-37(24-30-43)35-13-6-2-7-14-35)44-31-25-38(26-32-44)41-20-19-40-17-10-18-45(46(40)33-41)39-15-8-3-9-16-39/h1-33H/i3D,8D,9D,10D,15D,16D,17D,18D,19D,20D,25D,26D,31D,32D,33D. The van der Waals surface area contributed by atoms with E-state index < -0.39 is 124 Å². The molecule has 8 aromatic carbocycles. The van der Waals surface area contributed by atoms with Crippen molar-refractivity contribution in [2.24, 2.45) is 0 Å². The lowest BCUT2D eigenvalue weighted by Crippen LogP contribution is -2.09. The van der Waals surface area contributed by atoms with E-state index in [9.17, 15) is 6.85 Å². The molecule has 0 heterocycles. The predicted octanol–water partition coefficient (Wildman–Crippen LogP) is 13.0. The predicted molar refractivity (Wildman–Crippen MR) is 200 cm³/mol. The van der Waals surface area contributed by atoms with Gasteiger partial charge in [-0.3, -0.25) is 0 Å². The van der Waals surface area contributed by atoms with Crippen molar-refractivity contribution >= 4 is 27.8 Å². The zero-order valence-electron chi connectivity index (χ0n) is 39.8. The van der Waals surface area contributed by atoms with E-state index in [1.54, 1.807) is 29.2 Å². The Morgan fingerprint density at radius 3 is 1.45 bits per heavy atom. The molecule has 1 nitrogen and oxygen atoms in total. The highest BCUT2D eigenvalue weighted by molar-refractivity contribution is 5.99. The molecule has 0 spiro atoms. The highest BCUT2D eigenvalue weighted by Crippen LogP contribution is 2.38. The third-order valence-corrected chi connectivity index (χ3v) is 7.74. The summed E-state index contributed by atoms with van der Waals surface area (Å²) < 4.78 is 134. The van der Waals surface area contributed by atoms with E-state index in [2.05, 4.69) is 0 Å². The fourth-order valence-corrected chi connectivity index (χ4v) is 5.41. The maximum Gasteiger partial charge on any atom is 0.0645 e. The van der Waals surface area contributed by atoms with Crippen molar-refractivity contribution in [1.29, 1.82) is 0 Å². The lowest BCUT2D eigenvalue weighted by molar-refractivity contribution is 1.28. The average Bonchev–Trinajstić information content (AvgIpc) is 3.29. The van der Waals surface area contributed by atoms with E-state index in [-0.39, 0.29) is 5.69 Å². The summed E-state index contributed by atoms with van der Waals surface area (Å²) in [5, 5.41) is -0.965. The molecule has 0 unspecified atom stereocenters. The van der Waals surface area contributed by atoms with Crippen LogP contribution < -0.4 is 4.90 Å². The zero-order chi connectivity index (χ0) is 44.5. The molecule has 0 atom stereocenters. The monoisotopic (exact) mass is 614 g/mol.